The summed E-state index contributed by atoms with van der Waals surface area (Å²) in [5, 5.41) is 6.03. The molecule has 0 atom stereocenters. The predicted molar refractivity (Wildman–Crippen MR) is 105 cm³/mol. The molecule has 1 aromatic heterocycles. The largest absolute Gasteiger partial charge is 0.494 e. The molecule has 2 N–H and O–H groups in total. The maximum Gasteiger partial charge on any atom is 0.254 e. The molecule has 0 bridgehead atoms. The van der Waals surface area contributed by atoms with E-state index in [0.717, 1.165) is 18.4 Å². The fourth-order valence-electron chi connectivity index (χ4n) is 3.49. The van der Waals surface area contributed by atoms with Gasteiger partial charge in [0.15, 0.2) is 0 Å². The van der Waals surface area contributed by atoms with Crippen molar-refractivity contribution in [1.29, 1.82) is 0 Å². The summed E-state index contributed by atoms with van der Waals surface area (Å²) in [7, 11) is 3.37. The minimum absolute atomic E-state index is 0.0111. The van der Waals surface area contributed by atoms with Crippen molar-refractivity contribution in [2.24, 2.45) is 5.92 Å². The lowest BCUT2D eigenvalue weighted by Crippen LogP contribution is -2.35. The molecular formula is C20H23N5O3. The maximum absolute atomic E-state index is 12.5. The smallest absolute Gasteiger partial charge is 0.254 e. The second-order valence-corrected chi connectivity index (χ2v) is 7.67. The van der Waals surface area contributed by atoms with Gasteiger partial charge in [0.25, 0.3) is 5.91 Å². The first-order valence-electron chi connectivity index (χ1n) is 9.22. The Hall–Kier alpha value is -3.16. The van der Waals surface area contributed by atoms with Crippen LogP contribution in [0.3, 0.4) is 0 Å². The van der Waals surface area contributed by atoms with E-state index in [1.54, 1.807) is 37.3 Å². The number of amides is 2. The summed E-state index contributed by atoms with van der Waals surface area (Å²) in [6.07, 6.45) is 3.25. The number of aromatic nitrogens is 2. The number of carbonyl (C=O) groups is 2. The molecule has 28 heavy (non-hydrogen) atoms. The van der Waals surface area contributed by atoms with Crippen LogP contribution in [-0.2, 0) is 10.3 Å². The van der Waals surface area contributed by atoms with Gasteiger partial charge in [0.2, 0.25) is 5.91 Å². The number of rotatable bonds is 5. The Morgan fingerprint density at radius 1 is 1.25 bits per heavy atom. The fraction of sp³-hybridized carbons (Fsp3) is 0.400. The Labute approximate surface area is 163 Å². The number of carbonyl (C=O) groups excluding carboxylic acids is 2. The normalized spacial score (nSPS) is 17.3. The minimum atomic E-state index is -0.496. The van der Waals surface area contributed by atoms with Crippen molar-refractivity contribution >= 4 is 29.1 Å². The molecule has 0 spiro atoms. The first-order chi connectivity index (χ1) is 13.3. The number of anilines is 3. The van der Waals surface area contributed by atoms with Gasteiger partial charge in [0.1, 0.15) is 23.7 Å². The molecule has 8 nitrogen and oxygen atoms in total. The van der Waals surface area contributed by atoms with E-state index in [1.165, 1.54) is 6.33 Å². The Morgan fingerprint density at radius 2 is 1.96 bits per heavy atom. The first-order valence-corrected chi connectivity index (χ1v) is 9.22. The Balaban J connectivity index is 1.65. The van der Waals surface area contributed by atoms with Crippen molar-refractivity contribution in [2.45, 2.75) is 32.2 Å². The minimum Gasteiger partial charge on any atom is -0.494 e. The molecule has 4 rings (SSSR count). The van der Waals surface area contributed by atoms with Crippen LogP contribution < -0.4 is 15.4 Å². The summed E-state index contributed by atoms with van der Waals surface area (Å²) in [5.41, 5.74) is 1.67. The molecule has 0 radical (unpaired) electrons. The highest BCUT2D eigenvalue weighted by atomic mass is 16.5. The molecule has 8 heteroatoms. The second kappa shape index (κ2) is 6.47. The van der Waals surface area contributed by atoms with Gasteiger partial charge in [-0.05, 0) is 38.8 Å². The van der Waals surface area contributed by atoms with Gasteiger partial charge in [0, 0.05) is 30.2 Å². The lowest BCUT2D eigenvalue weighted by Gasteiger charge is -2.30. The molecule has 1 aromatic carbocycles. The Bertz CT molecular complexity index is 968. The van der Waals surface area contributed by atoms with Crippen molar-refractivity contribution in [1.82, 2.24) is 14.9 Å². The number of nitrogens with one attached hydrogen (secondary N) is 2. The zero-order valence-corrected chi connectivity index (χ0v) is 16.4. The lowest BCUT2D eigenvalue weighted by molar-refractivity contribution is -0.117. The SMILES string of the molecule is COc1c(Nc2cc(NC(=O)C3CC3)ncn2)ccc2c1C(C)(C)N(C)C2=O. The van der Waals surface area contributed by atoms with Crippen LogP contribution in [-0.4, -0.2) is 40.8 Å². The van der Waals surface area contributed by atoms with Gasteiger partial charge < -0.3 is 20.3 Å². The molecule has 2 aliphatic rings. The summed E-state index contributed by atoms with van der Waals surface area (Å²) in [6.45, 7) is 3.97. The van der Waals surface area contributed by atoms with E-state index < -0.39 is 5.54 Å². The van der Waals surface area contributed by atoms with E-state index in [9.17, 15) is 9.59 Å². The van der Waals surface area contributed by atoms with Crippen LogP contribution in [0, 0.1) is 5.92 Å². The van der Waals surface area contributed by atoms with E-state index in [1.807, 2.05) is 13.8 Å². The lowest BCUT2D eigenvalue weighted by atomic mass is 9.92. The van der Waals surface area contributed by atoms with E-state index in [2.05, 4.69) is 20.6 Å². The maximum atomic E-state index is 12.5. The highest BCUT2D eigenvalue weighted by Gasteiger charge is 2.43. The Kier molecular flexibility index (Phi) is 4.21. The molecule has 146 valence electrons. The third-order valence-electron chi connectivity index (χ3n) is 5.48. The van der Waals surface area contributed by atoms with E-state index in [0.29, 0.717) is 28.6 Å². The number of hydrogen-bond donors (Lipinski definition) is 2. The van der Waals surface area contributed by atoms with Crippen molar-refractivity contribution in [3.05, 3.63) is 35.7 Å². The number of ether oxygens (including phenoxy) is 1. The molecule has 0 saturated heterocycles. The molecule has 2 aromatic rings. The van der Waals surface area contributed by atoms with E-state index in [4.69, 9.17) is 4.74 Å². The van der Waals surface area contributed by atoms with Crippen molar-refractivity contribution in [3.63, 3.8) is 0 Å². The van der Waals surface area contributed by atoms with Gasteiger partial charge in [0.05, 0.1) is 18.3 Å². The highest BCUT2D eigenvalue weighted by molar-refractivity contribution is 6.01. The standard InChI is InChI=1S/C20H23N5O3/c1-20(2)16-12(19(27)25(20)3)7-8-13(17(16)28-4)23-14-9-15(22-10-21-14)24-18(26)11-5-6-11/h7-11H,5-6H2,1-4H3,(H2,21,22,23,24,26). The molecule has 2 heterocycles. The quantitative estimate of drug-likeness (QED) is 0.827. The van der Waals surface area contributed by atoms with Gasteiger partial charge >= 0.3 is 0 Å². The summed E-state index contributed by atoms with van der Waals surface area (Å²) in [6, 6.07) is 5.27. The van der Waals surface area contributed by atoms with Crippen LogP contribution in [0.4, 0.5) is 17.3 Å². The highest BCUT2D eigenvalue weighted by Crippen LogP contribution is 2.46. The molecule has 0 unspecified atom stereocenters. The third-order valence-corrected chi connectivity index (χ3v) is 5.48. The van der Waals surface area contributed by atoms with Gasteiger partial charge in [-0.1, -0.05) is 0 Å². The monoisotopic (exact) mass is 381 g/mol. The predicted octanol–water partition coefficient (Wildman–Crippen LogP) is 2.90. The van der Waals surface area contributed by atoms with Crippen LogP contribution in [0.2, 0.25) is 0 Å². The first kappa shape index (κ1) is 18.2. The topological polar surface area (TPSA) is 96.4 Å². The zero-order chi connectivity index (χ0) is 20.1. The molecule has 1 aliphatic heterocycles. The van der Waals surface area contributed by atoms with Gasteiger partial charge in [-0.2, -0.15) is 0 Å². The molecular weight excluding hydrogens is 358 g/mol. The van der Waals surface area contributed by atoms with Crippen LogP contribution in [0.25, 0.3) is 0 Å². The molecule has 1 fully saturated rings. The summed E-state index contributed by atoms with van der Waals surface area (Å²) in [5.74, 6) is 1.63. The molecule has 1 saturated carbocycles. The van der Waals surface area contributed by atoms with Gasteiger partial charge in [-0.3, -0.25) is 9.59 Å². The number of hydrogen-bond acceptors (Lipinski definition) is 6. The Morgan fingerprint density at radius 3 is 2.64 bits per heavy atom. The third kappa shape index (κ3) is 2.94. The number of fused-ring (bicyclic) bond motifs is 1. The van der Waals surface area contributed by atoms with E-state index >= 15 is 0 Å². The molecule has 1 aliphatic carbocycles. The van der Waals surface area contributed by atoms with Crippen LogP contribution in [0.1, 0.15) is 42.6 Å². The summed E-state index contributed by atoms with van der Waals surface area (Å²) < 4.78 is 5.67. The zero-order valence-electron chi connectivity index (χ0n) is 16.4. The van der Waals surface area contributed by atoms with Crippen LogP contribution in [0.5, 0.6) is 5.75 Å². The van der Waals surface area contributed by atoms with Gasteiger partial charge in [-0.15, -0.1) is 0 Å². The average molecular weight is 381 g/mol. The molecule has 2 amide bonds. The van der Waals surface area contributed by atoms with Gasteiger partial charge in [-0.25, -0.2) is 9.97 Å². The second-order valence-electron chi connectivity index (χ2n) is 7.67. The number of benzene rings is 1. The summed E-state index contributed by atoms with van der Waals surface area (Å²) >= 11 is 0. The average Bonchev–Trinajstić information content (AvgIpc) is 3.49. The fourth-order valence-corrected chi connectivity index (χ4v) is 3.49. The number of methoxy groups -OCH3 is 1. The van der Waals surface area contributed by atoms with Crippen molar-refractivity contribution < 1.29 is 14.3 Å². The number of nitrogens with zero attached hydrogens (tertiary/aromatic N) is 3. The van der Waals surface area contributed by atoms with Crippen molar-refractivity contribution in [3.8, 4) is 5.75 Å². The van der Waals surface area contributed by atoms with E-state index in [-0.39, 0.29) is 17.7 Å². The van der Waals surface area contributed by atoms with Crippen molar-refractivity contribution in [2.75, 3.05) is 24.8 Å². The van der Waals surface area contributed by atoms with Crippen LogP contribution in [0.15, 0.2) is 24.5 Å². The summed E-state index contributed by atoms with van der Waals surface area (Å²) in [4.78, 5) is 34.6. The van der Waals surface area contributed by atoms with Crippen LogP contribution >= 0.6 is 0 Å².